The molecule has 0 aromatic heterocycles. The van der Waals surface area contributed by atoms with Crippen LogP contribution in [-0.4, -0.2) is 27.9 Å². The topological polar surface area (TPSA) is 9.23 Å². The average Bonchev–Trinajstić information content (AvgIpc) is 1.88. The standard InChI is InChI=1S/C5H11Cl2OSi/c1-8-9(4-2-6)5-3-7/h2-5H2,1H3. The Hall–Kier alpha value is 0.757. The maximum atomic E-state index is 5.51. The molecule has 0 atom stereocenters. The zero-order chi connectivity index (χ0) is 7.11. The second-order valence-corrected chi connectivity index (χ2v) is 4.86. The van der Waals surface area contributed by atoms with E-state index < -0.39 is 9.04 Å². The predicted molar refractivity (Wildman–Crippen MR) is 43.8 cm³/mol. The summed E-state index contributed by atoms with van der Waals surface area (Å²) in [7, 11) is 1.08. The molecule has 0 aliphatic rings. The van der Waals surface area contributed by atoms with Crippen molar-refractivity contribution in [3.8, 4) is 0 Å². The molecule has 0 unspecified atom stereocenters. The third-order valence-electron chi connectivity index (χ3n) is 1.04. The number of rotatable bonds is 5. The third-order valence-corrected chi connectivity index (χ3v) is 4.24. The smallest absolute Gasteiger partial charge is 0.213 e. The lowest BCUT2D eigenvalue weighted by Gasteiger charge is -2.06. The Morgan fingerprint density at radius 1 is 1.22 bits per heavy atom. The fourth-order valence-corrected chi connectivity index (χ4v) is 2.88. The molecule has 0 N–H and O–H groups in total. The van der Waals surface area contributed by atoms with Crippen molar-refractivity contribution in [2.45, 2.75) is 12.1 Å². The maximum Gasteiger partial charge on any atom is 0.213 e. The van der Waals surface area contributed by atoms with Gasteiger partial charge in [-0.15, -0.1) is 23.2 Å². The second-order valence-electron chi connectivity index (χ2n) is 1.62. The zero-order valence-electron chi connectivity index (χ0n) is 5.49. The lowest BCUT2D eigenvalue weighted by atomic mass is 10.9. The summed E-state index contributed by atoms with van der Waals surface area (Å²) in [6, 6.07) is 1.99. The number of hydrogen-bond acceptors (Lipinski definition) is 1. The first-order valence-electron chi connectivity index (χ1n) is 2.85. The fraction of sp³-hybridized carbons (Fsp3) is 1.00. The van der Waals surface area contributed by atoms with E-state index in [0.717, 1.165) is 12.1 Å². The van der Waals surface area contributed by atoms with Crippen molar-refractivity contribution in [3.63, 3.8) is 0 Å². The lowest BCUT2D eigenvalue weighted by Crippen LogP contribution is -2.16. The highest BCUT2D eigenvalue weighted by Gasteiger charge is 2.08. The van der Waals surface area contributed by atoms with Gasteiger partial charge in [0, 0.05) is 18.9 Å². The van der Waals surface area contributed by atoms with Crippen molar-refractivity contribution in [2.75, 3.05) is 18.9 Å². The van der Waals surface area contributed by atoms with E-state index in [4.69, 9.17) is 27.6 Å². The Morgan fingerprint density at radius 2 is 1.67 bits per heavy atom. The fourth-order valence-electron chi connectivity index (χ4n) is 0.540. The molecule has 4 heteroatoms. The highest BCUT2D eigenvalue weighted by atomic mass is 35.5. The number of alkyl halides is 2. The molecule has 0 heterocycles. The minimum absolute atomic E-state index is 0.650. The zero-order valence-corrected chi connectivity index (χ0v) is 8.00. The monoisotopic (exact) mass is 185 g/mol. The van der Waals surface area contributed by atoms with E-state index in [2.05, 4.69) is 0 Å². The van der Waals surface area contributed by atoms with Gasteiger partial charge in [-0.05, 0) is 12.1 Å². The van der Waals surface area contributed by atoms with E-state index in [1.54, 1.807) is 7.11 Å². The molecule has 0 amide bonds. The van der Waals surface area contributed by atoms with Crippen LogP contribution in [-0.2, 0) is 4.43 Å². The molecule has 55 valence electrons. The molecule has 0 saturated heterocycles. The van der Waals surface area contributed by atoms with Crippen LogP contribution in [0, 0.1) is 0 Å². The van der Waals surface area contributed by atoms with Crippen LogP contribution >= 0.6 is 23.2 Å². The van der Waals surface area contributed by atoms with Gasteiger partial charge in [0.15, 0.2) is 0 Å². The first-order valence-corrected chi connectivity index (χ1v) is 5.75. The summed E-state index contributed by atoms with van der Waals surface area (Å²) in [5.41, 5.74) is 0. The average molecular weight is 186 g/mol. The molecule has 0 aromatic rings. The van der Waals surface area contributed by atoms with Crippen LogP contribution < -0.4 is 0 Å². The van der Waals surface area contributed by atoms with E-state index in [0.29, 0.717) is 11.8 Å². The molecule has 0 rings (SSSR count). The van der Waals surface area contributed by atoms with Gasteiger partial charge in [-0.25, -0.2) is 0 Å². The minimum Gasteiger partial charge on any atom is -0.420 e. The van der Waals surface area contributed by atoms with Crippen molar-refractivity contribution < 1.29 is 4.43 Å². The molecule has 0 bridgehead atoms. The Kier molecular flexibility index (Phi) is 7.45. The SMILES string of the molecule is CO[Si](CCCl)CCCl. The molecule has 0 spiro atoms. The minimum atomic E-state index is -0.650. The Labute approximate surface area is 68.0 Å². The van der Waals surface area contributed by atoms with Crippen LogP contribution in [0.4, 0.5) is 0 Å². The highest BCUT2D eigenvalue weighted by Crippen LogP contribution is 2.02. The number of halogens is 2. The van der Waals surface area contributed by atoms with Gasteiger partial charge < -0.3 is 4.43 Å². The molecule has 0 saturated carbocycles. The summed E-state index contributed by atoms with van der Waals surface area (Å²) in [6.07, 6.45) is 0. The van der Waals surface area contributed by atoms with Crippen molar-refractivity contribution in [3.05, 3.63) is 0 Å². The molecular weight excluding hydrogens is 175 g/mol. The van der Waals surface area contributed by atoms with Crippen molar-refractivity contribution in [1.29, 1.82) is 0 Å². The van der Waals surface area contributed by atoms with Gasteiger partial charge in [0.2, 0.25) is 9.04 Å². The van der Waals surface area contributed by atoms with E-state index in [1.165, 1.54) is 0 Å². The third kappa shape index (κ3) is 5.21. The molecule has 1 nitrogen and oxygen atoms in total. The van der Waals surface area contributed by atoms with Gasteiger partial charge in [0.25, 0.3) is 0 Å². The Balaban J connectivity index is 3.18. The maximum absolute atomic E-state index is 5.51. The number of hydrogen-bond donors (Lipinski definition) is 0. The molecule has 9 heavy (non-hydrogen) atoms. The predicted octanol–water partition coefficient (Wildman–Crippen LogP) is 2.10. The van der Waals surface area contributed by atoms with Crippen molar-refractivity contribution in [2.24, 2.45) is 0 Å². The first kappa shape index (κ1) is 9.76. The van der Waals surface area contributed by atoms with Gasteiger partial charge in [0.05, 0.1) is 0 Å². The summed E-state index contributed by atoms with van der Waals surface area (Å²) < 4.78 is 5.16. The van der Waals surface area contributed by atoms with Gasteiger partial charge in [-0.1, -0.05) is 0 Å². The molecule has 0 aliphatic heterocycles. The van der Waals surface area contributed by atoms with Crippen LogP contribution in [0.1, 0.15) is 0 Å². The Bertz CT molecular complexity index is 56.9. The van der Waals surface area contributed by atoms with Crippen molar-refractivity contribution in [1.82, 2.24) is 0 Å². The van der Waals surface area contributed by atoms with Crippen molar-refractivity contribution >= 4 is 32.2 Å². The molecule has 1 radical (unpaired) electrons. The second kappa shape index (κ2) is 6.87. The van der Waals surface area contributed by atoms with E-state index >= 15 is 0 Å². The van der Waals surface area contributed by atoms with Gasteiger partial charge >= 0.3 is 0 Å². The van der Waals surface area contributed by atoms with Crippen LogP contribution in [0.5, 0.6) is 0 Å². The van der Waals surface area contributed by atoms with E-state index in [1.807, 2.05) is 0 Å². The van der Waals surface area contributed by atoms with Crippen LogP contribution in [0.15, 0.2) is 0 Å². The molecule has 0 fully saturated rings. The first-order chi connectivity index (χ1) is 4.35. The van der Waals surface area contributed by atoms with Gasteiger partial charge in [0.1, 0.15) is 0 Å². The quantitative estimate of drug-likeness (QED) is 0.472. The summed E-state index contributed by atoms with van der Waals surface area (Å²) in [6.45, 7) is 0. The Morgan fingerprint density at radius 3 is 1.89 bits per heavy atom. The van der Waals surface area contributed by atoms with Crippen LogP contribution in [0.2, 0.25) is 12.1 Å². The molecule has 0 aliphatic carbocycles. The summed E-state index contributed by atoms with van der Waals surface area (Å²) in [5.74, 6) is 1.39. The summed E-state index contributed by atoms with van der Waals surface area (Å²) >= 11 is 11.0. The lowest BCUT2D eigenvalue weighted by molar-refractivity contribution is 0.420. The molecular formula is C5H11Cl2OSi. The largest absolute Gasteiger partial charge is 0.420 e. The van der Waals surface area contributed by atoms with E-state index in [9.17, 15) is 0 Å². The highest BCUT2D eigenvalue weighted by molar-refractivity contribution is 6.54. The van der Waals surface area contributed by atoms with E-state index in [-0.39, 0.29) is 0 Å². The summed E-state index contributed by atoms with van der Waals surface area (Å²) in [5, 5.41) is 0. The molecule has 0 aromatic carbocycles. The van der Waals surface area contributed by atoms with Crippen LogP contribution in [0.25, 0.3) is 0 Å². The summed E-state index contributed by atoms with van der Waals surface area (Å²) in [4.78, 5) is 0. The van der Waals surface area contributed by atoms with Crippen LogP contribution in [0.3, 0.4) is 0 Å². The normalized spacial score (nSPS) is 10.7. The van der Waals surface area contributed by atoms with Gasteiger partial charge in [-0.2, -0.15) is 0 Å². The van der Waals surface area contributed by atoms with Gasteiger partial charge in [-0.3, -0.25) is 0 Å².